The van der Waals surface area contributed by atoms with E-state index in [1.165, 1.54) is 18.1 Å². The summed E-state index contributed by atoms with van der Waals surface area (Å²) in [6.45, 7) is 0.626. The number of nitrogens with zero attached hydrogens (tertiary/aromatic N) is 2. The molecule has 0 aliphatic carbocycles. The largest absolute Gasteiger partial charge is 0.497 e. The summed E-state index contributed by atoms with van der Waals surface area (Å²) in [5.74, 6) is 1.47. The van der Waals surface area contributed by atoms with Crippen LogP contribution in [0.15, 0.2) is 70.8 Å². The van der Waals surface area contributed by atoms with Gasteiger partial charge in [0.05, 0.1) is 7.11 Å². The van der Waals surface area contributed by atoms with E-state index in [9.17, 15) is 0 Å². The smallest absolute Gasteiger partial charge is 0.154 e. The molecular formula is C18H18N4OS. The van der Waals surface area contributed by atoms with Gasteiger partial charge >= 0.3 is 0 Å². The third-order valence-electron chi connectivity index (χ3n) is 3.42. The van der Waals surface area contributed by atoms with Crippen LogP contribution in [0.4, 0.5) is 11.5 Å². The minimum Gasteiger partial charge on any atom is -0.497 e. The van der Waals surface area contributed by atoms with Crippen molar-refractivity contribution in [3.05, 3.63) is 66.5 Å². The van der Waals surface area contributed by atoms with Gasteiger partial charge in [0.15, 0.2) is 5.82 Å². The van der Waals surface area contributed by atoms with Gasteiger partial charge in [0, 0.05) is 11.4 Å². The van der Waals surface area contributed by atoms with E-state index in [1.54, 1.807) is 7.11 Å². The van der Waals surface area contributed by atoms with Crippen molar-refractivity contribution in [1.29, 1.82) is 0 Å². The Balaban J connectivity index is 1.70. The Hall–Kier alpha value is -2.73. The van der Waals surface area contributed by atoms with Gasteiger partial charge in [-0.1, -0.05) is 42.1 Å². The minimum absolute atomic E-state index is 0.555. The summed E-state index contributed by atoms with van der Waals surface area (Å²) in [5, 5.41) is 4.01. The first-order valence-corrected chi connectivity index (χ1v) is 8.28. The van der Waals surface area contributed by atoms with Crippen LogP contribution in [0, 0.1) is 0 Å². The molecule has 0 fully saturated rings. The van der Waals surface area contributed by atoms with Crippen LogP contribution >= 0.6 is 11.8 Å². The molecule has 24 heavy (non-hydrogen) atoms. The van der Waals surface area contributed by atoms with Crippen LogP contribution in [0.25, 0.3) is 0 Å². The molecule has 0 bridgehead atoms. The Bertz CT molecular complexity index is 794. The Morgan fingerprint density at radius 3 is 2.50 bits per heavy atom. The zero-order chi connectivity index (χ0) is 16.8. The summed E-state index contributed by atoms with van der Waals surface area (Å²) in [5.41, 5.74) is 7.88. The molecule has 0 saturated heterocycles. The molecule has 0 saturated carbocycles. The Kier molecular flexibility index (Phi) is 5.18. The normalized spacial score (nSPS) is 10.4. The standard InChI is InChI=1S/C18H18N4OS/c1-23-14-9-7-13(8-10-14)11-20-17-16(19)18(22-12-21-17)24-15-5-3-2-4-6-15/h2-10,12H,11,19H2,1H3,(H,20,21,22). The molecule has 1 heterocycles. The quantitative estimate of drug-likeness (QED) is 0.666. The average Bonchev–Trinajstić information content (AvgIpc) is 2.64. The first-order valence-electron chi connectivity index (χ1n) is 7.46. The number of methoxy groups -OCH3 is 1. The van der Waals surface area contributed by atoms with Crippen molar-refractivity contribution in [2.45, 2.75) is 16.5 Å². The molecule has 2 aromatic carbocycles. The van der Waals surface area contributed by atoms with Gasteiger partial charge in [0.2, 0.25) is 0 Å². The van der Waals surface area contributed by atoms with Gasteiger partial charge in [-0.25, -0.2) is 9.97 Å². The van der Waals surface area contributed by atoms with Gasteiger partial charge in [0.25, 0.3) is 0 Å². The predicted octanol–water partition coefficient (Wildman–Crippen LogP) is 3.83. The number of benzene rings is 2. The number of aromatic nitrogens is 2. The molecule has 0 aliphatic rings. The first kappa shape index (κ1) is 16.1. The number of nitrogen functional groups attached to an aromatic ring is 1. The Morgan fingerprint density at radius 2 is 1.79 bits per heavy atom. The summed E-state index contributed by atoms with van der Waals surface area (Å²) >= 11 is 1.52. The molecule has 3 rings (SSSR count). The zero-order valence-corrected chi connectivity index (χ0v) is 14.1. The van der Waals surface area contributed by atoms with E-state index in [1.807, 2.05) is 54.6 Å². The highest BCUT2D eigenvalue weighted by atomic mass is 32.2. The maximum atomic E-state index is 6.21. The molecule has 3 aromatic rings. The van der Waals surface area contributed by atoms with Gasteiger partial charge in [-0.15, -0.1) is 0 Å². The fraction of sp³-hybridized carbons (Fsp3) is 0.111. The van der Waals surface area contributed by atoms with E-state index in [-0.39, 0.29) is 0 Å². The summed E-state index contributed by atoms with van der Waals surface area (Å²) in [6, 6.07) is 17.9. The van der Waals surface area contributed by atoms with Crippen LogP contribution in [-0.2, 0) is 6.54 Å². The van der Waals surface area contributed by atoms with Crippen LogP contribution in [0.2, 0.25) is 0 Å². The van der Waals surface area contributed by atoms with Gasteiger partial charge in [-0.2, -0.15) is 0 Å². The molecule has 3 N–H and O–H groups in total. The summed E-state index contributed by atoms with van der Waals surface area (Å²) in [6.07, 6.45) is 1.53. The van der Waals surface area contributed by atoms with E-state index >= 15 is 0 Å². The fourth-order valence-electron chi connectivity index (χ4n) is 2.13. The summed E-state index contributed by atoms with van der Waals surface area (Å²) in [4.78, 5) is 9.61. The molecule has 122 valence electrons. The van der Waals surface area contributed by atoms with Gasteiger partial charge in [-0.3, -0.25) is 0 Å². The van der Waals surface area contributed by atoms with Crippen molar-refractivity contribution >= 4 is 23.3 Å². The fourth-order valence-corrected chi connectivity index (χ4v) is 2.95. The second-order valence-corrected chi connectivity index (χ2v) is 6.12. The van der Waals surface area contributed by atoms with Crippen LogP contribution in [-0.4, -0.2) is 17.1 Å². The number of rotatable bonds is 6. The molecular weight excluding hydrogens is 320 g/mol. The van der Waals surface area contributed by atoms with Crippen molar-refractivity contribution in [3.63, 3.8) is 0 Å². The molecule has 5 nitrogen and oxygen atoms in total. The van der Waals surface area contributed by atoms with E-state index < -0.39 is 0 Å². The number of anilines is 2. The lowest BCUT2D eigenvalue weighted by Crippen LogP contribution is -2.06. The summed E-state index contributed by atoms with van der Waals surface area (Å²) in [7, 11) is 1.65. The molecule has 0 spiro atoms. The SMILES string of the molecule is COc1ccc(CNc2ncnc(Sc3ccccc3)c2N)cc1. The molecule has 1 aromatic heterocycles. The topological polar surface area (TPSA) is 73.1 Å². The summed E-state index contributed by atoms with van der Waals surface area (Å²) < 4.78 is 5.16. The van der Waals surface area contributed by atoms with Crippen molar-refractivity contribution in [1.82, 2.24) is 9.97 Å². The maximum absolute atomic E-state index is 6.21. The van der Waals surface area contributed by atoms with E-state index in [4.69, 9.17) is 10.5 Å². The van der Waals surface area contributed by atoms with Crippen molar-refractivity contribution in [2.24, 2.45) is 0 Å². The highest BCUT2D eigenvalue weighted by Crippen LogP contribution is 2.32. The van der Waals surface area contributed by atoms with Gasteiger partial charge < -0.3 is 15.8 Å². The van der Waals surface area contributed by atoms with Crippen LogP contribution in [0.1, 0.15) is 5.56 Å². The Morgan fingerprint density at radius 1 is 1.04 bits per heavy atom. The molecule has 0 radical (unpaired) electrons. The number of nitrogens with two attached hydrogens (primary N) is 1. The van der Waals surface area contributed by atoms with Crippen molar-refractivity contribution in [3.8, 4) is 5.75 Å². The molecule has 6 heteroatoms. The minimum atomic E-state index is 0.555. The zero-order valence-electron chi connectivity index (χ0n) is 13.3. The third kappa shape index (κ3) is 3.97. The van der Waals surface area contributed by atoms with Crippen molar-refractivity contribution < 1.29 is 4.74 Å². The second-order valence-electron chi connectivity index (χ2n) is 5.06. The average molecular weight is 338 g/mol. The molecule has 0 aliphatic heterocycles. The van der Waals surface area contributed by atoms with E-state index in [0.717, 1.165) is 21.2 Å². The first-order chi connectivity index (χ1) is 11.8. The monoisotopic (exact) mass is 338 g/mol. The maximum Gasteiger partial charge on any atom is 0.154 e. The van der Waals surface area contributed by atoms with Crippen LogP contribution in [0.5, 0.6) is 5.75 Å². The third-order valence-corrected chi connectivity index (χ3v) is 4.45. The lowest BCUT2D eigenvalue weighted by atomic mass is 10.2. The molecule has 0 atom stereocenters. The number of hydrogen-bond acceptors (Lipinski definition) is 6. The lowest BCUT2D eigenvalue weighted by Gasteiger charge is -2.11. The lowest BCUT2D eigenvalue weighted by molar-refractivity contribution is 0.414. The van der Waals surface area contributed by atoms with Crippen LogP contribution < -0.4 is 15.8 Å². The number of nitrogens with one attached hydrogen (secondary N) is 1. The van der Waals surface area contributed by atoms with E-state index in [2.05, 4.69) is 15.3 Å². The van der Waals surface area contributed by atoms with Crippen LogP contribution in [0.3, 0.4) is 0 Å². The second kappa shape index (κ2) is 7.70. The number of hydrogen-bond donors (Lipinski definition) is 2. The molecule has 0 unspecified atom stereocenters. The predicted molar refractivity (Wildman–Crippen MR) is 97.3 cm³/mol. The highest BCUT2D eigenvalue weighted by molar-refractivity contribution is 7.99. The van der Waals surface area contributed by atoms with Gasteiger partial charge in [0.1, 0.15) is 22.8 Å². The van der Waals surface area contributed by atoms with Gasteiger partial charge in [-0.05, 0) is 29.8 Å². The highest BCUT2D eigenvalue weighted by Gasteiger charge is 2.09. The Labute approximate surface area is 145 Å². The van der Waals surface area contributed by atoms with E-state index in [0.29, 0.717) is 18.1 Å². The molecule has 0 amide bonds. The number of ether oxygens (including phenoxy) is 1. The van der Waals surface area contributed by atoms with Crippen molar-refractivity contribution in [2.75, 3.05) is 18.2 Å².